The molecule has 0 fully saturated rings. The second kappa shape index (κ2) is 2.82. The molecular weight excluding hydrogens is 131 g/mol. The van der Waals surface area contributed by atoms with Gasteiger partial charge in [0.05, 0.1) is 5.69 Å². The Morgan fingerprint density at radius 1 is 1.70 bits per heavy atom. The third-order valence-electron chi connectivity index (χ3n) is 1.38. The maximum atomic E-state index is 12.6. The quantitative estimate of drug-likeness (QED) is 0.612. The first-order valence-corrected chi connectivity index (χ1v) is 3.42. The predicted molar refractivity (Wildman–Crippen MR) is 37.2 cm³/mol. The third kappa shape index (κ3) is 1.35. The van der Waals surface area contributed by atoms with Gasteiger partial charge in [-0.2, -0.15) is 9.49 Å². The van der Waals surface area contributed by atoms with E-state index in [9.17, 15) is 4.39 Å². The molecule has 0 saturated carbocycles. The first kappa shape index (κ1) is 7.25. The molecule has 1 rings (SSSR count). The number of hydrogen-bond donors (Lipinski definition) is 0. The molecule has 56 valence electrons. The van der Waals surface area contributed by atoms with Gasteiger partial charge in [0.1, 0.15) is 0 Å². The van der Waals surface area contributed by atoms with Crippen molar-refractivity contribution in [1.29, 1.82) is 0 Å². The minimum absolute atomic E-state index is 0.261. The Labute approximate surface area is 59.7 Å². The molecule has 0 aliphatic carbocycles. The monoisotopic (exact) mass is 142 g/mol. The van der Waals surface area contributed by atoms with Crippen LogP contribution in [0.15, 0.2) is 6.07 Å². The molecule has 0 amide bonds. The topological polar surface area (TPSA) is 17.8 Å². The fourth-order valence-corrected chi connectivity index (χ4v) is 0.879. The van der Waals surface area contributed by atoms with Crippen molar-refractivity contribution in [3.05, 3.63) is 17.7 Å². The molecule has 0 aromatic carbocycles. The summed E-state index contributed by atoms with van der Waals surface area (Å²) < 4.78 is 13.8. The maximum Gasteiger partial charge on any atom is 0.211 e. The lowest BCUT2D eigenvalue weighted by Crippen LogP contribution is -1.94. The van der Waals surface area contributed by atoms with Crippen molar-refractivity contribution < 1.29 is 4.39 Å². The highest BCUT2D eigenvalue weighted by Gasteiger charge is 2.01. The predicted octanol–water partition coefficient (Wildman–Crippen LogP) is 1.51. The second-order valence-electron chi connectivity index (χ2n) is 2.33. The zero-order valence-electron chi connectivity index (χ0n) is 6.26. The van der Waals surface area contributed by atoms with Crippen LogP contribution in [0.25, 0.3) is 0 Å². The molecule has 0 spiro atoms. The summed E-state index contributed by atoms with van der Waals surface area (Å²) in [4.78, 5) is 0. The van der Waals surface area contributed by atoms with Gasteiger partial charge in [-0.25, -0.2) is 4.68 Å². The fraction of sp³-hybridized carbons (Fsp3) is 0.571. The Hall–Kier alpha value is -0.860. The largest absolute Gasteiger partial charge is 0.242 e. The summed E-state index contributed by atoms with van der Waals surface area (Å²) in [6, 6.07) is 1.48. The van der Waals surface area contributed by atoms with Gasteiger partial charge in [0, 0.05) is 13.1 Å². The van der Waals surface area contributed by atoms with E-state index in [0.717, 1.165) is 18.5 Å². The van der Waals surface area contributed by atoms with Crippen molar-refractivity contribution in [2.75, 3.05) is 0 Å². The Bertz CT molecular complexity index is 198. The van der Waals surface area contributed by atoms with E-state index in [1.165, 1.54) is 10.7 Å². The van der Waals surface area contributed by atoms with E-state index in [4.69, 9.17) is 0 Å². The Morgan fingerprint density at radius 3 is 2.80 bits per heavy atom. The summed E-state index contributed by atoms with van der Waals surface area (Å²) >= 11 is 0. The number of aryl methyl sites for hydroxylation is 2. The van der Waals surface area contributed by atoms with Crippen molar-refractivity contribution in [1.82, 2.24) is 9.78 Å². The van der Waals surface area contributed by atoms with Gasteiger partial charge in [0.25, 0.3) is 0 Å². The summed E-state index contributed by atoms with van der Waals surface area (Å²) in [6.45, 7) is 2.05. The number of aromatic nitrogens is 2. The van der Waals surface area contributed by atoms with Crippen molar-refractivity contribution >= 4 is 0 Å². The molecular formula is C7H11FN2. The van der Waals surface area contributed by atoms with E-state index >= 15 is 0 Å². The lowest BCUT2D eigenvalue weighted by molar-refractivity contribution is 0.503. The van der Waals surface area contributed by atoms with Crippen LogP contribution in [0.3, 0.4) is 0 Å². The van der Waals surface area contributed by atoms with Gasteiger partial charge in [0.2, 0.25) is 5.95 Å². The first-order chi connectivity index (χ1) is 4.74. The van der Waals surface area contributed by atoms with E-state index in [1.54, 1.807) is 7.05 Å². The van der Waals surface area contributed by atoms with E-state index in [0.29, 0.717) is 0 Å². The van der Waals surface area contributed by atoms with Crippen LogP contribution in [0.2, 0.25) is 0 Å². The first-order valence-electron chi connectivity index (χ1n) is 3.42. The van der Waals surface area contributed by atoms with Crippen molar-refractivity contribution in [3.8, 4) is 0 Å². The van der Waals surface area contributed by atoms with Crippen LogP contribution in [0, 0.1) is 5.95 Å². The molecule has 0 atom stereocenters. The Kier molecular flexibility index (Phi) is 2.04. The molecule has 3 heteroatoms. The van der Waals surface area contributed by atoms with Gasteiger partial charge in [-0.05, 0) is 6.42 Å². The van der Waals surface area contributed by atoms with Crippen LogP contribution in [0.4, 0.5) is 4.39 Å². The van der Waals surface area contributed by atoms with Gasteiger partial charge in [-0.15, -0.1) is 0 Å². The minimum atomic E-state index is -0.261. The average Bonchev–Trinajstić information content (AvgIpc) is 2.14. The molecule has 0 aliphatic heterocycles. The SMILES string of the molecule is CCCc1cc(F)n(C)n1. The number of rotatable bonds is 2. The lowest BCUT2D eigenvalue weighted by atomic mass is 10.3. The molecule has 0 unspecified atom stereocenters. The zero-order chi connectivity index (χ0) is 7.56. The van der Waals surface area contributed by atoms with Crippen molar-refractivity contribution in [3.63, 3.8) is 0 Å². The van der Waals surface area contributed by atoms with Crippen LogP contribution >= 0.6 is 0 Å². The van der Waals surface area contributed by atoms with Crippen LogP contribution in [-0.2, 0) is 13.5 Å². The van der Waals surface area contributed by atoms with E-state index in [-0.39, 0.29) is 5.95 Å². The van der Waals surface area contributed by atoms with Gasteiger partial charge in [-0.3, -0.25) is 0 Å². The molecule has 1 aromatic heterocycles. The Morgan fingerprint density at radius 2 is 2.40 bits per heavy atom. The summed E-state index contributed by atoms with van der Waals surface area (Å²) in [5, 5.41) is 3.94. The standard InChI is InChI=1S/C7H11FN2/c1-3-4-6-5-7(8)10(2)9-6/h5H,3-4H2,1-2H3. The summed E-state index contributed by atoms with van der Waals surface area (Å²) in [5.41, 5.74) is 0.836. The van der Waals surface area contributed by atoms with Crippen LogP contribution in [0.1, 0.15) is 19.0 Å². The molecule has 0 N–H and O–H groups in total. The summed E-state index contributed by atoms with van der Waals surface area (Å²) in [6.07, 6.45) is 1.87. The third-order valence-corrected chi connectivity index (χ3v) is 1.38. The van der Waals surface area contributed by atoms with Crippen molar-refractivity contribution in [2.45, 2.75) is 19.8 Å². The smallest absolute Gasteiger partial charge is 0.211 e. The van der Waals surface area contributed by atoms with Gasteiger partial charge < -0.3 is 0 Å². The van der Waals surface area contributed by atoms with E-state index < -0.39 is 0 Å². The molecule has 10 heavy (non-hydrogen) atoms. The highest BCUT2D eigenvalue weighted by molar-refractivity contribution is 5.00. The van der Waals surface area contributed by atoms with Crippen molar-refractivity contribution in [2.24, 2.45) is 7.05 Å². The highest BCUT2D eigenvalue weighted by Crippen LogP contribution is 2.02. The second-order valence-corrected chi connectivity index (χ2v) is 2.33. The number of nitrogens with zero attached hydrogens (tertiary/aromatic N) is 2. The Balaban J connectivity index is 2.77. The average molecular weight is 142 g/mol. The highest BCUT2D eigenvalue weighted by atomic mass is 19.1. The number of hydrogen-bond acceptors (Lipinski definition) is 1. The summed E-state index contributed by atoms with van der Waals surface area (Å²) in [5.74, 6) is -0.261. The van der Waals surface area contributed by atoms with Gasteiger partial charge >= 0.3 is 0 Å². The fourth-order valence-electron chi connectivity index (χ4n) is 0.879. The molecule has 0 saturated heterocycles. The number of halogens is 1. The summed E-state index contributed by atoms with van der Waals surface area (Å²) in [7, 11) is 1.61. The molecule has 0 bridgehead atoms. The zero-order valence-corrected chi connectivity index (χ0v) is 6.26. The maximum absolute atomic E-state index is 12.6. The van der Waals surface area contributed by atoms with E-state index in [1.807, 2.05) is 6.92 Å². The normalized spacial score (nSPS) is 10.3. The van der Waals surface area contributed by atoms with Crippen LogP contribution < -0.4 is 0 Å². The molecule has 2 nitrogen and oxygen atoms in total. The molecule has 1 heterocycles. The van der Waals surface area contributed by atoms with Crippen LogP contribution in [-0.4, -0.2) is 9.78 Å². The molecule has 0 radical (unpaired) electrons. The molecule has 1 aromatic rings. The van der Waals surface area contributed by atoms with Gasteiger partial charge in [0.15, 0.2) is 0 Å². The van der Waals surface area contributed by atoms with Crippen LogP contribution in [0.5, 0.6) is 0 Å². The minimum Gasteiger partial charge on any atom is -0.242 e. The van der Waals surface area contributed by atoms with Gasteiger partial charge in [-0.1, -0.05) is 13.3 Å². The lowest BCUT2D eigenvalue weighted by Gasteiger charge is -1.87. The van der Waals surface area contributed by atoms with E-state index in [2.05, 4.69) is 5.10 Å². The molecule has 0 aliphatic rings.